The van der Waals surface area contributed by atoms with Crippen LogP contribution in [0.25, 0.3) is 33.7 Å². The Morgan fingerprint density at radius 1 is 0.366 bits per heavy atom. The first-order chi connectivity index (χ1) is 45.3. The lowest BCUT2D eigenvalue weighted by molar-refractivity contribution is 0.324. The van der Waals surface area contributed by atoms with E-state index in [1.54, 1.807) is 110 Å². The van der Waals surface area contributed by atoms with Gasteiger partial charge in [-0.2, -0.15) is 44.4 Å². The third-order valence-corrected chi connectivity index (χ3v) is 13.6. The summed E-state index contributed by atoms with van der Waals surface area (Å²) in [6.45, 7) is 0.646. The monoisotopic (exact) mass is 1340 g/mol. The van der Waals surface area contributed by atoms with E-state index in [9.17, 15) is 0 Å². The highest BCUT2D eigenvalue weighted by molar-refractivity contribution is 6.34. The van der Waals surface area contributed by atoms with Gasteiger partial charge in [0.05, 0.1) is 75.0 Å². The zero-order valence-electron chi connectivity index (χ0n) is 50.8. The fourth-order valence-electron chi connectivity index (χ4n) is 8.65. The molecule has 0 bridgehead atoms. The minimum atomic E-state index is 0.106. The topological polar surface area (TPSA) is 322 Å². The number of methoxy groups -OCH3 is 9. The summed E-state index contributed by atoms with van der Waals surface area (Å²) in [7, 11) is 14.0. The molecule has 0 radical (unpaired) electrons. The normalized spacial score (nSPS) is 10.5. The molecule has 0 unspecified atom stereocenters. The molecule has 0 amide bonds. The number of benzene rings is 6. The highest BCUT2D eigenvalue weighted by atomic mass is 35.5. The van der Waals surface area contributed by atoms with Crippen molar-refractivity contribution in [1.82, 2.24) is 79.4 Å². The van der Waals surface area contributed by atoms with E-state index in [1.165, 1.54) is 25.3 Å². The SMILES string of the molecule is COc1cc(Nc2ncnc(-n3nc(Cl)c4ccccc43)n2)cc(OC)c1OC.COc1cc(Nc2ncnc(-n3nc(NCc4ccccc4)c4ccccc43)n2)cc(OC)c1OC.COc1cc(Nc2ncnc(Cl)n2)cc(OC)c1OC.Clc1ncnc(Cl)n1. The number of fused-ring (bicyclic) bond motifs is 2. The van der Waals surface area contributed by atoms with Gasteiger partial charge in [-0.05, 0) is 64.6 Å². The maximum atomic E-state index is 6.23. The van der Waals surface area contributed by atoms with Gasteiger partial charge in [-0.25, -0.2) is 29.9 Å². The van der Waals surface area contributed by atoms with Crippen LogP contribution in [0.3, 0.4) is 0 Å². The molecule has 0 atom stereocenters. The molecule has 0 aliphatic rings. The Morgan fingerprint density at radius 3 is 1.12 bits per heavy atom. The first-order valence-electron chi connectivity index (χ1n) is 27.1. The Morgan fingerprint density at radius 2 is 0.720 bits per heavy atom. The van der Waals surface area contributed by atoms with Gasteiger partial charge in [-0.1, -0.05) is 66.2 Å². The second kappa shape index (κ2) is 32.0. The largest absolute Gasteiger partial charge is 0.493 e. The Bertz CT molecular complexity index is 4390. The lowest BCUT2D eigenvalue weighted by Gasteiger charge is -2.14. The van der Waals surface area contributed by atoms with Crippen LogP contribution in [0.15, 0.2) is 141 Å². The van der Waals surface area contributed by atoms with Gasteiger partial charge >= 0.3 is 0 Å². The van der Waals surface area contributed by atoms with Crippen LogP contribution >= 0.6 is 46.4 Å². The summed E-state index contributed by atoms with van der Waals surface area (Å²) in [5.41, 5.74) is 4.81. The maximum absolute atomic E-state index is 6.23. The van der Waals surface area contributed by atoms with Gasteiger partial charge in [0.1, 0.15) is 25.3 Å². The van der Waals surface area contributed by atoms with Crippen molar-refractivity contribution in [2.75, 3.05) is 85.3 Å². The van der Waals surface area contributed by atoms with Gasteiger partial charge in [0, 0.05) is 70.8 Å². The van der Waals surface area contributed by atoms with Crippen molar-refractivity contribution < 1.29 is 42.6 Å². The van der Waals surface area contributed by atoms with Gasteiger partial charge in [-0.15, -0.1) is 5.10 Å². The van der Waals surface area contributed by atoms with Crippen molar-refractivity contribution in [1.29, 1.82) is 0 Å². The van der Waals surface area contributed by atoms with Crippen molar-refractivity contribution in [3.8, 4) is 63.6 Å². The summed E-state index contributed by atoms with van der Waals surface area (Å²) in [6, 6.07) is 36.2. The van der Waals surface area contributed by atoms with Crippen LogP contribution < -0.4 is 63.9 Å². The van der Waals surface area contributed by atoms with Crippen LogP contribution in [0.2, 0.25) is 21.0 Å². The fourth-order valence-corrected chi connectivity index (χ4v) is 9.30. The third kappa shape index (κ3) is 16.6. The second-order valence-electron chi connectivity index (χ2n) is 18.3. The van der Waals surface area contributed by atoms with Crippen molar-refractivity contribution in [2.24, 2.45) is 0 Å². The lowest BCUT2D eigenvalue weighted by atomic mass is 10.2. The number of para-hydroxylation sites is 2. The lowest BCUT2D eigenvalue weighted by Crippen LogP contribution is -2.07. The van der Waals surface area contributed by atoms with Crippen LogP contribution in [0.5, 0.6) is 51.7 Å². The number of rotatable bonds is 20. The summed E-state index contributed by atoms with van der Waals surface area (Å²) < 4.78 is 51.4. The van der Waals surface area contributed by atoms with Crippen LogP contribution in [0, 0.1) is 0 Å². The second-order valence-corrected chi connectivity index (χ2v) is 19.6. The molecule has 6 aromatic heterocycles. The number of hydrogen-bond donors (Lipinski definition) is 4. The fraction of sp³-hybridized carbons (Fsp3) is 0.167. The molecule has 6 aromatic carbocycles. The van der Waals surface area contributed by atoms with Crippen molar-refractivity contribution >= 4 is 109 Å². The molecule has 0 aliphatic heterocycles. The Balaban J connectivity index is 0.000000160. The Labute approximate surface area is 550 Å². The first kappa shape index (κ1) is 66.3. The van der Waals surface area contributed by atoms with Crippen LogP contribution in [-0.4, -0.2) is 143 Å². The molecule has 478 valence electrons. The van der Waals surface area contributed by atoms with E-state index >= 15 is 0 Å². The summed E-state index contributed by atoms with van der Waals surface area (Å²) >= 11 is 22.5. The van der Waals surface area contributed by atoms with Crippen molar-refractivity contribution in [2.45, 2.75) is 6.54 Å². The number of ether oxygens (including phenoxy) is 9. The summed E-state index contributed by atoms with van der Waals surface area (Å²) in [5, 5.41) is 24.3. The molecule has 6 heterocycles. The van der Waals surface area contributed by atoms with Crippen LogP contribution in [0.1, 0.15) is 5.56 Å². The van der Waals surface area contributed by atoms with E-state index in [1.807, 2.05) is 66.7 Å². The molecule has 12 rings (SSSR count). The minimum absolute atomic E-state index is 0.106. The molecule has 0 fully saturated rings. The van der Waals surface area contributed by atoms with Gasteiger partial charge < -0.3 is 63.9 Å². The number of nitrogens with zero attached hydrogens (tertiary/aromatic N) is 16. The molecule has 0 saturated heterocycles. The molecule has 0 spiro atoms. The van der Waals surface area contributed by atoms with Gasteiger partial charge in [-0.3, -0.25) is 0 Å². The van der Waals surface area contributed by atoms with Crippen LogP contribution in [0.4, 0.5) is 40.7 Å². The molecule has 33 heteroatoms. The maximum Gasteiger partial charge on any atom is 0.255 e. The number of hydrogen-bond acceptors (Lipinski definition) is 27. The van der Waals surface area contributed by atoms with Crippen molar-refractivity contribution in [3.05, 3.63) is 167 Å². The Hall–Kier alpha value is -11.1. The highest BCUT2D eigenvalue weighted by Crippen LogP contribution is 2.43. The number of halogens is 4. The van der Waals surface area contributed by atoms with E-state index in [2.05, 4.69) is 98.3 Å². The van der Waals surface area contributed by atoms with E-state index < -0.39 is 0 Å². The average Bonchev–Trinajstić information content (AvgIpc) is 1.73. The predicted octanol–water partition coefficient (Wildman–Crippen LogP) is 11.7. The minimum Gasteiger partial charge on any atom is -0.493 e. The van der Waals surface area contributed by atoms with E-state index in [0.29, 0.717) is 110 Å². The molecular formula is C60H56Cl4N20O9. The average molecular weight is 1340 g/mol. The van der Waals surface area contributed by atoms with Crippen LogP contribution in [-0.2, 0) is 6.54 Å². The molecule has 12 aromatic rings. The standard InChI is InChI=1S/C26H25N7O3.C19H17ClN6O3.C12H13ClN4O3.C3HCl2N3/c1-34-21-13-18(14-22(35-2)23(21)36-3)30-25-28-16-29-26(31-25)33-20-12-8-7-11-19(20)24(32-33)27-15-17-9-5-4-6-10-17;1-27-14-8-11(9-15(28-2)16(14)29-3)23-18-21-10-22-19(24-18)26-13-7-5-4-6-12(13)17(20)25-26;1-18-8-4-7(5-9(19-2)10(8)20-3)16-12-15-6-14-11(13)17-12;4-2-6-1-7-3(5)8-2/h4-14,16H,15H2,1-3H3,(H,27,32)(H,28,29,30,31);4-10H,1-3H3,(H,21,22,23,24);4-6H,1-3H3,(H,14,15,16,17);1H. The molecule has 0 saturated carbocycles. The van der Waals surface area contributed by atoms with Crippen molar-refractivity contribution in [3.63, 3.8) is 0 Å². The quantitative estimate of drug-likeness (QED) is 0.0551. The van der Waals surface area contributed by atoms with E-state index in [0.717, 1.165) is 33.2 Å². The van der Waals surface area contributed by atoms with E-state index in [-0.39, 0.29) is 15.9 Å². The van der Waals surface area contributed by atoms with E-state index in [4.69, 9.17) is 94.1 Å². The predicted molar refractivity (Wildman–Crippen MR) is 351 cm³/mol. The number of anilines is 7. The molecule has 4 N–H and O–H groups in total. The highest BCUT2D eigenvalue weighted by Gasteiger charge is 2.20. The number of aromatic nitrogens is 16. The number of nitrogens with one attached hydrogen (secondary N) is 4. The zero-order chi connectivity index (χ0) is 65.8. The summed E-state index contributed by atoms with van der Waals surface area (Å²) in [5.74, 6) is 7.03. The third-order valence-electron chi connectivity index (χ3n) is 12.7. The van der Waals surface area contributed by atoms with Gasteiger partial charge in [0.25, 0.3) is 11.9 Å². The van der Waals surface area contributed by atoms with Gasteiger partial charge in [0.15, 0.2) is 45.5 Å². The molecule has 0 aliphatic carbocycles. The van der Waals surface area contributed by atoms with Gasteiger partial charge in [0.2, 0.25) is 50.9 Å². The first-order valence-corrected chi connectivity index (χ1v) is 28.7. The summed E-state index contributed by atoms with van der Waals surface area (Å²) in [6.07, 6.45) is 5.40. The molecule has 93 heavy (non-hydrogen) atoms. The summed E-state index contributed by atoms with van der Waals surface area (Å²) in [4.78, 5) is 48.2. The smallest absolute Gasteiger partial charge is 0.255 e. The Kier molecular flexibility index (Phi) is 22.8. The molecular weight excluding hydrogens is 1290 g/mol. The zero-order valence-corrected chi connectivity index (χ0v) is 53.9. The molecule has 29 nitrogen and oxygen atoms in total.